The van der Waals surface area contributed by atoms with Crippen LogP contribution in [-0.2, 0) is 4.74 Å². The number of nitrogens with one attached hydrogen (secondary N) is 2. The van der Waals surface area contributed by atoms with Crippen LogP contribution < -0.4 is 15.4 Å². The number of hydrogen-bond donors (Lipinski definition) is 2. The lowest BCUT2D eigenvalue weighted by molar-refractivity contribution is -0.0521. The lowest BCUT2D eigenvalue weighted by atomic mass is 10.0. The molecule has 0 aromatic heterocycles. The summed E-state index contributed by atoms with van der Waals surface area (Å²) in [6, 6.07) is 7.05. The summed E-state index contributed by atoms with van der Waals surface area (Å²) in [4.78, 5) is 15.9. The summed E-state index contributed by atoms with van der Waals surface area (Å²) in [5, 5.41) is 20.8. The van der Waals surface area contributed by atoms with Crippen molar-refractivity contribution in [1.29, 1.82) is 5.26 Å². The molecule has 1 aliphatic rings. The molecule has 14 heteroatoms. The minimum absolute atomic E-state index is 0.0200. The molecule has 188 valence electrons. The Labute approximate surface area is 213 Å². The smallest absolute Gasteiger partial charge is 0.408 e. The molecule has 0 saturated carbocycles. The number of ether oxygens (including phenoxy) is 2. The number of aliphatic imine (C=N–C) groups is 1. The number of carbonyl (C=O) groups is 1. The first-order valence-corrected chi connectivity index (χ1v) is 10.8. The molecule has 1 unspecified atom stereocenters. The molecule has 1 amide bonds. The van der Waals surface area contributed by atoms with E-state index in [4.69, 9.17) is 27.9 Å². The predicted octanol–water partition coefficient (Wildman–Crippen LogP) is 4.98. The Morgan fingerprint density at radius 1 is 1.33 bits per heavy atom. The second kappa shape index (κ2) is 12.1. The minimum Gasteiger partial charge on any atom is -0.445 e. The molecular weight excluding hydrogens is 524 g/mol. The quantitative estimate of drug-likeness (QED) is 0.221. The summed E-state index contributed by atoms with van der Waals surface area (Å²) in [7, 11) is 0. The first kappa shape index (κ1) is 26.7. The number of nitriles is 1. The molecule has 2 N–H and O–H groups in total. The van der Waals surface area contributed by atoms with Crippen molar-refractivity contribution in [3.63, 3.8) is 0 Å². The molecule has 0 spiro atoms. The van der Waals surface area contributed by atoms with E-state index in [2.05, 4.69) is 32.0 Å². The van der Waals surface area contributed by atoms with Crippen molar-refractivity contribution in [3.8, 4) is 11.9 Å². The Morgan fingerprint density at radius 3 is 2.78 bits per heavy atom. The highest BCUT2D eigenvalue weighted by atomic mass is 35.5. The van der Waals surface area contributed by atoms with Gasteiger partial charge in [-0.1, -0.05) is 41.9 Å². The zero-order valence-electron chi connectivity index (χ0n) is 18.2. The largest absolute Gasteiger partial charge is 0.445 e. The lowest BCUT2D eigenvalue weighted by Gasteiger charge is -2.19. The number of alkyl halides is 2. The van der Waals surface area contributed by atoms with Crippen LogP contribution in [0.4, 0.5) is 23.7 Å². The van der Waals surface area contributed by atoms with Gasteiger partial charge in [0.25, 0.3) is 0 Å². The zero-order chi connectivity index (χ0) is 26.2. The van der Waals surface area contributed by atoms with Crippen molar-refractivity contribution in [1.82, 2.24) is 10.3 Å². The highest BCUT2D eigenvalue weighted by molar-refractivity contribution is 6.42. The summed E-state index contributed by atoms with van der Waals surface area (Å²) < 4.78 is 48.1. The molecule has 9 nitrogen and oxygen atoms in total. The Balaban J connectivity index is 1.92. The van der Waals surface area contributed by atoms with E-state index >= 15 is 0 Å². The van der Waals surface area contributed by atoms with E-state index in [0.29, 0.717) is 16.3 Å². The fraction of sp³-hybridized carbons (Fsp3) is 0.182. The van der Waals surface area contributed by atoms with Crippen LogP contribution >= 0.6 is 23.2 Å². The van der Waals surface area contributed by atoms with Crippen molar-refractivity contribution in [2.45, 2.75) is 12.7 Å². The summed E-state index contributed by atoms with van der Waals surface area (Å²) in [5.41, 5.74) is 0.915. The average Bonchev–Trinajstić information content (AvgIpc) is 3.24. The van der Waals surface area contributed by atoms with Crippen LogP contribution in [0.1, 0.15) is 5.56 Å². The Kier molecular flexibility index (Phi) is 8.99. The Morgan fingerprint density at radius 2 is 2.11 bits per heavy atom. The van der Waals surface area contributed by atoms with Gasteiger partial charge < -0.3 is 20.1 Å². The maximum atomic E-state index is 13.8. The maximum absolute atomic E-state index is 13.8. The van der Waals surface area contributed by atoms with Gasteiger partial charge in [-0.15, -0.1) is 4.99 Å². The van der Waals surface area contributed by atoms with Crippen LogP contribution in [0.15, 0.2) is 59.1 Å². The van der Waals surface area contributed by atoms with E-state index in [0.717, 1.165) is 12.1 Å². The van der Waals surface area contributed by atoms with Crippen LogP contribution in [0.25, 0.3) is 0 Å². The third-order valence-electron chi connectivity index (χ3n) is 4.56. The van der Waals surface area contributed by atoms with Gasteiger partial charge in [-0.3, -0.25) is 0 Å². The van der Waals surface area contributed by atoms with Crippen molar-refractivity contribution in [2.24, 2.45) is 10.1 Å². The highest BCUT2D eigenvalue weighted by Crippen LogP contribution is 2.27. The molecule has 2 aromatic rings. The van der Waals surface area contributed by atoms with E-state index in [9.17, 15) is 23.2 Å². The summed E-state index contributed by atoms with van der Waals surface area (Å²) in [6.07, 6.45) is 2.24. The number of halogens is 5. The fourth-order valence-electron chi connectivity index (χ4n) is 3.07. The van der Waals surface area contributed by atoms with Gasteiger partial charge in [0.05, 0.1) is 28.3 Å². The molecule has 0 bridgehead atoms. The number of guanidine groups is 1. The van der Waals surface area contributed by atoms with E-state index in [1.54, 1.807) is 24.4 Å². The van der Waals surface area contributed by atoms with Crippen LogP contribution in [0.5, 0.6) is 5.75 Å². The molecule has 0 aliphatic carbocycles. The monoisotopic (exact) mass is 540 g/mol. The topological polar surface area (TPSA) is 111 Å². The van der Waals surface area contributed by atoms with Crippen LogP contribution in [0, 0.1) is 17.3 Å². The maximum Gasteiger partial charge on any atom is 0.408 e. The number of nitrogens with zero attached hydrogens (tertiary/aromatic N) is 4. The van der Waals surface area contributed by atoms with Gasteiger partial charge in [-0.25, -0.2) is 14.2 Å². The van der Waals surface area contributed by atoms with Gasteiger partial charge in [0.2, 0.25) is 12.2 Å². The van der Waals surface area contributed by atoms with Gasteiger partial charge in [-0.2, -0.15) is 19.1 Å². The standard InChI is InChI=1S/C22H17Cl2F3N6O3/c1-2-7-35-22(34)31-17-10-33(32-19(17)12-3-5-14(23)15(24)8-12)21(29-11-28)30-13-4-6-16(25)18(9-13)36-20(26)27/h2-6,8-9,17,20H,1,7,10H2,(H,29,30)(H,31,34). The van der Waals surface area contributed by atoms with Gasteiger partial charge >= 0.3 is 12.7 Å². The second-order valence-electron chi connectivity index (χ2n) is 6.96. The predicted molar refractivity (Wildman–Crippen MR) is 128 cm³/mol. The third-order valence-corrected chi connectivity index (χ3v) is 5.30. The molecular formula is C22H17Cl2F3N6O3. The summed E-state index contributed by atoms with van der Waals surface area (Å²) in [6.45, 7) is 0.181. The molecule has 0 radical (unpaired) electrons. The number of anilines is 1. The molecule has 1 atom stereocenters. The number of alkyl carbamates (subject to hydrolysis) is 1. The van der Waals surface area contributed by atoms with Crippen molar-refractivity contribution < 1.29 is 27.4 Å². The second-order valence-corrected chi connectivity index (χ2v) is 7.78. The van der Waals surface area contributed by atoms with Crippen LogP contribution in [0.3, 0.4) is 0 Å². The number of hydrazone groups is 1. The van der Waals surface area contributed by atoms with Gasteiger partial charge in [0.1, 0.15) is 6.61 Å². The molecule has 1 aliphatic heterocycles. The number of carbonyl (C=O) groups excluding carboxylic acids is 1. The Hall–Kier alpha value is -3.95. The van der Waals surface area contributed by atoms with Crippen molar-refractivity contribution >= 4 is 46.7 Å². The molecule has 0 fully saturated rings. The minimum atomic E-state index is -3.24. The number of benzene rings is 2. The molecule has 36 heavy (non-hydrogen) atoms. The molecule has 3 rings (SSSR count). The van der Waals surface area contributed by atoms with Gasteiger partial charge in [0.15, 0.2) is 11.6 Å². The van der Waals surface area contributed by atoms with E-state index in [-0.39, 0.29) is 29.8 Å². The van der Waals surface area contributed by atoms with Crippen LogP contribution in [-0.4, -0.2) is 48.6 Å². The third kappa shape index (κ3) is 6.80. The number of rotatable bonds is 7. The summed E-state index contributed by atoms with van der Waals surface area (Å²) >= 11 is 12.1. The SMILES string of the molecule is C=CCOC(=O)NC1CN(/C(=N\C#N)Nc2ccc(F)c(OC(F)F)c2)N=C1c1ccc(Cl)c(Cl)c1. The van der Waals surface area contributed by atoms with Crippen molar-refractivity contribution in [3.05, 3.63) is 70.5 Å². The Bertz CT molecular complexity index is 1250. The fourth-order valence-corrected chi connectivity index (χ4v) is 3.37. The molecule has 2 aromatic carbocycles. The summed E-state index contributed by atoms with van der Waals surface area (Å²) in [5.74, 6) is -1.87. The first-order valence-electron chi connectivity index (χ1n) is 10.1. The number of hydrogen-bond acceptors (Lipinski definition) is 6. The number of amides is 1. The first-order chi connectivity index (χ1) is 17.2. The van der Waals surface area contributed by atoms with Crippen LogP contribution in [0.2, 0.25) is 10.0 Å². The van der Waals surface area contributed by atoms with Gasteiger partial charge in [-0.05, 0) is 24.3 Å². The molecule has 1 heterocycles. The van der Waals surface area contributed by atoms with E-state index in [1.165, 1.54) is 17.2 Å². The lowest BCUT2D eigenvalue weighted by Crippen LogP contribution is -2.44. The van der Waals surface area contributed by atoms with Gasteiger partial charge in [0, 0.05) is 17.3 Å². The normalized spacial score (nSPS) is 15.2. The van der Waals surface area contributed by atoms with E-state index < -0.39 is 30.3 Å². The van der Waals surface area contributed by atoms with Crippen molar-refractivity contribution in [2.75, 3.05) is 18.5 Å². The average molecular weight is 541 g/mol. The zero-order valence-corrected chi connectivity index (χ0v) is 19.7. The van der Waals surface area contributed by atoms with E-state index in [1.807, 2.05) is 0 Å². The molecule has 0 saturated heterocycles. The highest BCUT2D eigenvalue weighted by Gasteiger charge is 2.32.